The maximum atomic E-state index is 12.4. The summed E-state index contributed by atoms with van der Waals surface area (Å²) in [5.41, 5.74) is 2.57. The zero-order valence-corrected chi connectivity index (χ0v) is 17.8. The monoisotopic (exact) mass is 472 g/mol. The molecular weight excluding hydrogens is 456 g/mol. The van der Waals surface area contributed by atoms with Gasteiger partial charge in [0.1, 0.15) is 0 Å². The number of anilines is 1. The van der Waals surface area contributed by atoms with Crippen LogP contribution in [0.2, 0.25) is 0 Å². The summed E-state index contributed by atoms with van der Waals surface area (Å²) in [6.07, 6.45) is 3.60. The third-order valence-electron chi connectivity index (χ3n) is 3.95. The fraction of sp³-hybridized carbons (Fsp3) is 0.100. The fourth-order valence-corrected chi connectivity index (χ4v) is 3.06. The topological polar surface area (TPSA) is 85.3 Å². The third-order valence-corrected chi connectivity index (χ3v) is 4.57. The van der Waals surface area contributed by atoms with E-state index in [1.54, 1.807) is 47.3 Å². The minimum atomic E-state index is -0.420. The van der Waals surface area contributed by atoms with E-state index in [0.717, 1.165) is 10.0 Å². The van der Waals surface area contributed by atoms with Gasteiger partial charge in [-0.1, -0.05) is 12.1 Å². The van der Waals surface area contributed by atoms with Crippen LogP contribution >= 0.6 is 28.1 Å². The largest absolute Gasteiger partial charge is 0.465 e. The number of halogens is 1. The molecule has 0 saturated carbocycles. The van der Waals surface area contributed by atoms with Crippen molar-refractivity contribution in [3.8, 4) is 0 Å². The number of hydrogen-bond acceptors (Lipinski definition) is 5. The number of ether oxygens (including phenoxy) is 1. The predicted octanol–water partition coefficient (Wildman–Crippen LogP) is 3.61. The van der Waals surface area contributed by atoms with Crippen LogP contribution in [0.5, 0.6) is 0 Å². The van der Waals surface area contributed by atoms with E-state index in [0.29, 0.717) is 23.4 Å². The quantitative estimate of drug-likeness (QED) is 0.435. The molecule has 0 bridgehead atoms. The number of carbonyl (C=O) groups is 2. The van der Waals surface area contributed by atoms with Crippen molar-refractivity contribution in [3.63, 3.8) is 0 Å². The zero-order valence-electron chi connectivity index (χ0n) is 15.4. The van der Waals surface area contributed by atoms with Gasteiger partial charge in [0, 0.05) is 17.4 Å². The maximum absolute atomic E-state index is 12.4. The van der Waals surface area contributed by atoms with E-state index < -0.39 is 5.97 Å². The normalized spacial score (nSPS) is 10.3. The first kappa shape index (κ1) is 20.7. The van der Waals surface area contributed by atoms with Crippen LogP contribution in [0.3, 0.4) is 0 Å². The molecule has 0 unspecified atom stereocenters. The van der Waals surface area contributed by atoms with Gasteiger partial charge in [0.25, 0.3) is 5.91 Å². The molecule has 3 aromatic rings. The number of benzene rings is 2. The molecule has 2 N–H and O–H groups in total. The average molecular weight is 473 g/mol. The Balaban J connectivity index is 1.55. The summed E-state index contributed by atoms with van der Waals surface area (Å²) in [6, 6.07) is 13.8. The molecule has 0 atom stereocenters. The van der Waals surface area contributed by atoms with E-state index >= 15 is 0 Å². The van der Waals surface area contributed by atoms with Crippen molar-refractivity contribution in [2.24, 2.45) is 0 Å². The molecule has 0 aliphatic heterocycles. The van der Waals surface area contributed by atoms with Crippen LogP contribution in [-0.2, 0) is 11.3 Å². The Morgan fingerprint density at radius 2 is 1.76 bits per heavy atom. The summed E-state index contributed by atoms with van der Waals surface area (Å²) in [5.74, 6) is -0.738. The lowest BCUT2D eigenvalue weighted by Gasteiger charge is -2.10. The third kappa shape index (κ3) is 5.72. The second kappa shape index (κ2) is 9.44. The van der Waals surface area contributed by atoms with Crippen molar-refractivity contribution >= 4 is 50.8 Å². The predicted molar refractivity (Wildman–Crippen MR) is 117 cm³/mol. The summed E-state index contributed by atoms with van der Waals surface area (Å²) in [7, 11) is 1.32. The van der Waals surface area contributed by atoms with Crippen LogP contribution in [0.15, 0.2) is 65.4 Å². The number of amides is 1. The Morgan fingerprint density at radius 1 is 1.10 bits per heavy atom. The highest BCUT2D eigenvalue weighted by molar-refractivity contribution is 9.10. The molecule has 0 fully saturated rings. The van der Waals surface area contributed by atoms with E-state index in [-0.39, 0.29) is 11.0 Å². The van der Waals surface area contributed by atoms with Gasteiger partial charge in [-0.2, -0.15) is 5.10 Å². The van der Waals surface area contributed by atoms with Gasteiger partial charge in [-0.25, -0.2) is 4.79 Å². The Morgan fingerprint density at radius 3 is 2.34 bits per heavy atom. The van der Waals surface area contributed by atoms with Crippen LogP contribution < -0.4 is 10.6 Å². The van der Waals surface area contributed by atoms with Gasteiger partial charge in [-0.15, -0.1) is 0 Å². The summed E-state index contributed by atoms with van der Waals surface area (Å²) in [6.45, 7) is 0.606. The van der Waals surface area contributed by atoms with Crippen molar-refractivity contribution < 1.29 is 14.3 Å². The highest BCUT2D eigenvalue weighted by Crippen LogP contribution is 2.12. The first-order valence-corrected chi connectivity index (χ1v) is 9.72. The Hall–Kier alpha value is -3.04. The lowest BCUT2D eigenvalue weighted by atomic mass is 10.1. The molecule has 1 heterocycles. The number of methoxy groups -OCH3 is 1. The number of carbonyl (C=O) groups excluding carboxylic acids is 2. The summed E-state index contributed by atoms with van der Waals surface area (Å²) in [5, 5.41) is 9.90. The number of nitrogens with one attached hydrogen (secondary N) is 2. The van der Waals surface area contributed by atoms with Crippen molar-refractivity contribution in [3.05, 3.63) is 82.1 Å². The minimum Gasteiger partial charge on any atom is -0.465 e. The number of nitrogens with zero attached hydrogens (tertiary/aromatic N) is 2. The highest BCUT2D eigenvalue weighted by atomic mass is 79.9. The SMILES string of the molecule is COC(=O)c1ccc(NC(=S)NC(=O)c2ccc(Cn3cc(Br)cn3)cc2)cc1. The average Bonchev–Trinajstić information content (AvgIpc) is 3.13. The van der Waals surface area contributed by atoms with Gasteiger partial charge < -0.3 is 10.1 Å². The summed E-state index contributed by atoms with van der Waals surface area (Å²) < 4.78 is 7.36. The summed E-state index contributed by atoms with van der Waals surface area (Å²) in [4.78, 5) is 23.8. The fourth-order valence-electron chi connectivity index (χ4n) is 2.52. The Kier molecular flexibility index (Phi) is 6.73. The molecule has 0 aliphatic rings. The van der Waals surface area contributed by atoms with Crippen molar-refractivity contribution in [2.75, 3.05) is 12.4 Å². The van der Waals surface area contributed by atoms with Gasteiger partial charge >= 0.3 is 5.97 Å². The number of thiocarbonyl (C=S) groups is 1. The number of aromatic nitrogens is 2. The lowest BCUT2D eigenvalue weighted by Crippen LogP contribution is -2.34. The standard InChI is InChI=1S/C20H17BrN4O3S/c1-28-19(27)15-6-8-17(9-7-15)23-20(29)24-18(26)14-4-2-13(3-5-14)11-25-12-16(21)10-22-25/h2-10,12H,11H2,1H3,(H2,23,24,26,29). The molecule has 0 spiro atoms. The maximum Gasteiger partial charge on any atom is 0.337 e. The van der Waals surface area contributed by atoms with Crippen molar-refractivity contribution in [2.45, 2.75) is 6.54 Å². The van der Waals surface area contributed by atoms with Crippen molar-refractivity contribution in [1.82, 2.24) is 15.1 Å². The van der Waals surface area contributed by atoms with Gasteiger partial charge in [-0.3, -0.25) is 14.8 Å². The van der Waals surface area contributed by atoms with Crippen LogP contribution in [0.4, 0.5) is 5.69 Å². The van der Waals surface area contributed by atoms with E-state index in [4.69, 9.17) is 12.2 Å². The van der Waals surface area contributed by atoms with E-state index in [1.807, 2.05) is 18.3 Å². The molecule has 1 amide bonds. The van der Waals surface area contributed by atoms with E-state index in [1.165, 1.54) is 7.11 Å². The molecule has 0 radical (unpaired) electrons. The number of rotatable bonds is 5. The van der Waals surface area contributed by atoms with Crippen LogP contribution in [0.25, 0.3) is 0 Å². The van der Waals surface area contributed by atoms with E-state index in [2.05, 4.69) is 36.4 Å². The molecule has 29 heavy (non-hydrogen) atoms. The molecule has 0 aliphatic carbocycles. The Bertz CT molecular complexity index is 1030. The van der Waals surface area contributed by atoms with Gasteiger partial charge in [0.05, 0.1) is 29.9 Å². The van der Waals surface area contributed by atoms with Crippen LogP contribution in [0, 0.1) is 0 Å². The molecule has 1 aromatic heterocycles. The van der Waals surface area contributed by atoms with Gasteiger partial charge in [0.2, 0.25) is 0 Å². The smallest absolute Gasteiger partial charge is 0.337 e. The molecular formula is C20H17BrN4O3S. The number of hydrogen-bond donors (Lipinski definition) is 2. The molecule has 9 heteroatoms. The van der Waals surface area contributed by atoms with Crippen molar-refractivity contribution in [1.29, 1.82) is 0 Å². The van der Waals surface area contributed by atoms with Crippen LogP contribution in [0.1, 0.15) is 26.3 Å². The molecule has 0 saturated heterocycles. The van der Waals surface area contributed by atoms with E-state index in [9.17, 15) is 9.59 Å². The number of esters is 1. The molecule has 3 rings (SSSR count). The zero-order chi connectivity index (χ0) is 20.8. The second-order valence-electron chi connectivity index (χ2n) is 6.03. The highest BCUT2D eigenvalue weighted by Gasteiger charge is 2.09. The van der Waals surface area contributed by atoms with Gasteiger partial charge in [0.15, 0.2) is 5.11 Å². The molecule has 7 nitrogen and oxygen atoms in total. The first-order valence-electron chi connectivity index (χ1n) is 8.52. The summed E-state index contributed by atoms with van der Waals surface area (Å²) >= 11 is 8.54. The lowest BCUT2D eigenvalue weighted by molar-refractivity contribution is 0.0600. The molecule has 148 valence electrons. The van der Waals surface area contributed by atoms with Crippen LogP contribution in [-0.4, -0.2) is 33.9 Å². The second-order valence-corrected chi connectivity index (χ2v) is 7.35. The Labute approximate surface area is 181 Å². The first-order chi connectivity index (χ1) is 13.9. The minimum absolute atomic E-state index is 0.159. The van der Waals surface area contributed by atoms with Gasteiger partial charge in [-0.05, 0) is 70.1 Å². The molecule has 2 aromatic carbocycles.